The first kappa shape index (κ1) is 26.6. The third-order valence-corrected chi connectivity index (χ3v) is 9.91. The molecule has 1 fully saturated rings. The van der Waals surface area contributed by atoms with Gasteiger partial charge in [0.05, 0.1) is 19.8 Å². The van der Waals surface area contributed by atoms with Crippen molar-refractivity contribution in [3.05, 3.63) is 82.8 Å². The van der Waals surface area contributed by atoms with Crippen LogP contribution in [-0.2, 0) is 24.8 Å². The van der Waals surface area contributed by atoms with E-state index < -0.39 is 38.0 Å². The van der Waals surface area contributed by atoms with Gasteiger partial charge in [0.1, 0.15) is 6.04 Å². The third-order valence-electron chi connectivity index (χ3n) is 5.76. The van der Waals surface area contributed by atoms with E-state index in [1.807, 2.05) is 30.3 Å². The van der Waals surface area contributed by atoms with Crippen LogP contribution in [0.5, 0.6) is 0 Å². The maximum Gasteiger partial charge on any atom is 0.261 e. The van der Waals surface area contributed by atoms with Crippen LogP contribution in [0, 0.1) is 0 Å². The van der Waals surface area contributed by atoms with Crippen LogP contribution in [0.4, 0.5) is 0 Å². The minimum absolute atomic E-state index is 0.00343. The number of carbonyl (C=O) groups excluding carboxylic acids is 1. The van der Waals surface area contributed by atoms with Crippen LogP contribution in [0.3, 0.4) is 0 Å². The summed E-state index contributed by atoms with van der Waals surface area (Å²) in [7, 11) is -8.34. The van der Waals surface area contributed by atoms with Crippen molar-refractivity contribution in [2.75, 3.05) is 6.54 Å². The summed E-state index contributed by atoms with van der Waals surface area (Å²) in [5.74, 6) is -0.993. The zero-order chi connectivity index (χ0) is 26.1. The summed E-state index contributed by atoms with van der Waals surface area (Å²) < 4.78 is 55.9. The van der Waals surface area contributed by atoms with Gasteiger partial charge < -0.3 is 0 Å². The number of hydrogen-bond acceptors (Lipinski definition) is 6. The van der Waals surface area contributed by atoms with Gasteiger partial charge in [-0.3, -0.25) is 10.0 Å². The number of carbonyl (C=O) groups is 1. The minimum Gasteiger partial charge on any atom is -0.289 e. The average Bonchev–Trinajstić information content (AvgIpc) is 3.29. The first-order valence-electron chi connectivity index (χ1n) is 10.6. The Bertz CT molecular complexity index is 1480. The molecule has 0 bridgehead atoms. The highest BCUT2D eigenvalue weighted by molar-refractivity contribution is 7.89. The molecule has 3 N–H and O–H groups in total. The molecule has 1 aliphatic heterocycles. The van der Waals surface area contributed by atoms with Crippen LogP contribution in [0.15, 0.2) is 82.6 Å². The van der Waals surface area contributed by atoms with Gasteiger partial charge in [-0.05, 0) is 47.9 Å². The predicted molar refractivity (Wildman–Crippen MR) is 135 cm³/mol. The summed E-state index contributed by atoms with van der Waals surface area (Å²) in [6, 6.07) is 17.0. The second-order valence-corrected chi connectivity index (χ2v) is 12.5. The number of rotatable bonds is 7. The van der Waals surface area contributed by atoms with Crippen LogP contribution >= 0.6 is 23.2 Å². The molecule has 3 aromatic rings. The SMILES string of the molecule is O=C(NO)C1C[C@@H](NS(=O)(=O)c2ccc(-c3ccccc3)cc2)CN1S(=O)(=O)c1ccc(Cl)c(Cl)c1. The van der Waals surface area contributed by atoms with Crippen molar-refractivity contribution < 1.29 is 26.8 Å². The maximum absolute atomic E-state index is 13.3. The normalized spacial score (nSPS) is 18.8. The Morgan fingerprint density at radius 2 is 1.47 bits per heavy atom. The standard InChI is InChI=1S/C23H21Cl2N3O6S2/c24-20-11-10-19(13-21(20)25)36(33,34)28-14-17(12-22(28)23(29)26-30)27-35(31,32)18-8-6-16(7-9-18)15-4-2-1-3-5-15/h1-11,13,17,22,27,30H,12,14H2,(H,26,29)/t17-,22?/m1/s1. The Hall–Kier alpha value is -2.51. The number of hydrogen-bond donors (Lipinski definition) is 3. The summed E-state index contributed by atoms with van der Waals surface area (Å²) in [5, 5.41) is 9.29. The minimum atomic E-state index is -4.29. The van der Waals surface area contributed by atoms with E-state index in [1.165, 1.54) is 29.7 Å². The average molecular weight is 570 g/mol. The van der Waals surface area contributed by atoms with E-state index in [9.17, 15) is 21.6 Å². The molecule has 1 aliphatic rings. The molecule has 3 aromatic carbocycles. The number of nitrogens with one attached hydrogen (secondary N) is 2. The van der Waals surface area contributed by atoms with E-state index >= 15 is 0 Å². The molecule has 2 atom stereocenters. The Morgan fingerprint density at radius 3 is 2.08 bits per heavy atom. The molecule has 0 aliphatic carbocycles. The van der Waals surface area contributed by atoms with E-state index in [4.69, 9.17) is 28.4 Å². The number of benzene rings is 3. The molecular weight excluding hydrogens is 549 g/mol. The number of amides is 1. The summed E-state index contributed by atoms with van der Waals surface area (Å²) in [6.07, 6.45) is -0.200. The van der Waals surface area contributed by atoms with E-state index in [1.54, 1.807) is 12.1 Å². The van der Waals surface area contributed by atoms with Gasteiger partial charge in [0, 0.05) is 12.6 Å². The lowest BCUT2D eigenvalue weighted by molar-refractivity contribution is -0.132. The third kappa shape index (κ3) is 5.42. The number of hydroxylamine groups is 1. The monoisotopic (exact) mass is 569 g/mol. The first-order chi connectivity index (χ1) is 17.0. The number of halogens is 2. The van der Waals surface area contributed by atoms with E-state index in [0.29, 0.717) is 0 Å². The van der Waals surface area contributed by atoms with Gasteiger partial charge in [0.25, 0.3) is 5.91 Å². The molecule has 0 radical (unpaired) electrons. The lowest BCUT2D eigenvalue weighted by atomic mass is 10.1. The van der Waals surface area contributed by atoms with Gasteiger partial charge in [-0.15, -0.1) is 0 Å². The summed E-state index contributed by atoms with van der Waals surface area (Å²) in [6.45, 7) is -0.345. The Balaban J connectivity index is 1.57. The Labute approximate surface area is 218 Å². The molecule has 1 saturated heterocycles. The Morgan fingerprint density at radius 1 is 0.861 bits per heavy atom. The molecule has 190 valence electrons. The summed E-state index contributed by atoms with van der Waals surface area (Å²) >= 11 is 11.8. The fourth-order valence-electron chi connectivity index (χ4n) is 3.99. The van der Waals surface area contributed by atoms with E-state index in [-0.39, 0.29) is 32.8 Å². The Kier molecular flexibility index (Phi) is 7.72. The van der Waals surface area contributed by atoms with Crippen molar-refractivity contribution >= 4 is 49.2 Å². The molecule has 9 nitrogen and oxygen atoms in total. The second kappa shape index (κ2) is 10.5. The molecule has 1 amide bonds. The highest BCUT2D eigenvalue weighted by atomic mass is 35.5. The zero-order valence-electron chi connectivity index (χ0n) is 18.5. The fraction of sp³-hybridized carbons (Fsp3) is 0.174. The van der Waals surface area contributed by atoms with Crippen molar-refractivity contribution in [2.45, 2.75) is 28.3 Å². The van der Waals surface area contributed by atoms with Crippen molar-refractivity contribution in [1.29, 1.82) is 0 Å². The maximum atomic E-state index is 13.3. The smallest absolute Gasteiger partial charge is 0.261 e. The van der Waals surface area contributed by atoms with Gasteiger partial charge in [0.2, 0.25) is 20.0 Å². The van der Waals surface area contributed by atoms with Gasteiger partial charge >= 0.3 is 0 Å². The van der Waals surface area contributed by atoms with Gasteiger partial charge in [-0.1, -0.05) is 65.7 Å². The van der Waals surface area contributed by atoms with Crippen LogP contribution in [0.2, 0.25) is 10.0 Å². The van der Waals surface area contributed by atoms with Crippen molar-refractivity contribution in [3.8, 4) is 11.1 Å². The van der Waals surface area contributed by atoms with Crippen molar-refractivity contribution in [1.82, 2.24) is 14.5 Å². The van der Waals surface area contributed by atoms with Gasteiger partial charge in [-0.2, -0.15) is 4.31 Å². The lowest BCUT2D eigenvalue weighted by Gasteiger charge is -2.22. The quantitative estimate of drug-likeness (QED) is 0.295. The van der Waals surface area contributed by atoms with Crippen LogP contribution in [0.1, 0.15) is 6.42 Å². The number of nitrogens with zero attached hydrogens (tertiary/aromatic N) is 1. The zero-order valence-corrected chi connectivity index (χ0v) is 21.7. The molecule has 4 rings (SSSR count). The van der Waals surface area contributed by atoms with Crippen LogP contribution in [0.25, 0.3) is 11.1 Å². The molecule has 1 unspecified atom stereocenters. The topological polar surface area (TPSA) is 133 Å². The van der Waals surface area contributed by atoms with Crippen LogP contribution in [-0.4, -0.2) is 50.9 Å². The molecule has 0 spiro atoms. The van der Waals surface area contributed by atoms with Gasteiger partial charge in [-0.25, -0.2) is 27.0 Å². The molecule has 1 heterocycles. The predicted octanol–water partition coefficient (Wildman–Crippen LogP) is 3.28. The molecule has 0 aromatic heterocycles. The second-order valence-electron chi connectivity index (χ2n) is 8.09. The lowest BCUT2D eigenvalue weighted by Crippen LogP contribution is -2.45. The molecule has 36 heavy (non-hydrogen) atoms. The molecule has 13 heteroatoms. The first-order valence-corrected chi connectivity index (χ1v) is 14.3. The van der Waals surface area contributed by atoms with Crippen molar-refractivity contribution in [3.63, 3.8) is 0 Å². The molecule has 0 saturated carbocycles. The fourth-order valence-corrected chi connectivity index (χ4v) is 7.26. The van der Waals surface area contributed by atoms with Gasteiger partial charge in [0.15, 0.2) is 0 Å². The summed E-state index contributed by atoms with van der Waals surface area (Å²) in [5.41, 5.74) is 3.20. The number of sulfonamides is 2. The molecular formula is C23H21Cl2N3O6S2. The van der Waals surface area contributed by atoms with Crippen molar-refractivity contribution in [2.24, 2.45) is 0 Å². The largest absolute Gasteiger partial charge is 0.289 e. The van der Waals surface area contributed by atoms with E-state index in [2.05, 4.69) is 4.72 Å². The highest BCUT2D eigenvalue weighted by Crippen LogP contribution is 2.31. The van der Waals surface area contributed by atoms with E-state index in [0.717, 1.165) is 21.5 Å². The summed E-state index contributed by atoms with van der Waals surface area (Å²) in [4.78, 5) is 12.0. The highest BCUT2D eigenvalue weighted by Gasteiger charge is 2.45. The van der Waals surface area contributed by atoms with Crippen LogP contribution < -0.4 is 10.2 Å².